The topological polar surface area (TPSA) is 98.8 Å². The van der Waals surface area contributed by atoms with E-state index in [2.05, 4.69) is 20.3 Å². The highest BCUT2D eigenvalue weighted by atomic mass is 16.6. The Morgan fingerprint density at radius 1 is 1.44 bits per heavy atom. The van der Waals surface area contributed by atoms with E-state index in [1.54, 1.807) is 24.0 Å². The Labute approximate surface area is 103 Å². The lowest BCUT2D eigenvalue weighted by Gasteiger charge is -2.06. The number of hydrogen-bond donors (Lipinski definition) is 1. The number of nitro groups is 1. The van der Waals surface area contributed by atoms with Crippen LogP contribution in [-0.4, -0.2) is 31.0 Å². The van der Waals surface area contributed by atoms with Gasteiger partial charge in [-0.05, 0) is 6.92 Å². The highest BCUT2D eigenvalue weighted by Gasteiger charge is 2.25. The van der Waals surface area contributed by atoms with Crippen LogP contribution in [0.2, 0.25) is 0 Å². The van der Waals surface area contributed by atoms with Gasteiger partial charge in [-0.2, -0.15) is 0 Å². The van der Waals surface area contributed by atoms with Crippen LogP contribution in [0.25, 0.3) is 11.5 Å². The fourth-order valence-electron chi connectivity index (χ4n) is 1.61. The maximum absolute atomic E-state index is 11.2. The standard InChI is InChI=1S/C10H12N6O2/c1-3-11-9-8(16(17)18)7(13-6-14-9)10-12-4-5-15(10)2/h4-6H,3H2,1-2H3,(H,11,13,14). The number of aryl methyl sites for hydroxylation is 1. The number of nitrogens with zero attached hydrogens (tertiary/aromatic N) is 5. The predicted molar refractivity (Wildman–Crippen MR) is 65.1 cm³/mol. The van der Waals surface area contributed by atoms with E-state index in [1.807, 2.05) is 6.92 Å². The highest BCUT2D eigenvalue weighted by Crippen LogP contribution is 2.31. The molecule has 0 aliphatic heterocycles. The van der Waals surface area contributed by atoms with Gasteiger partial charge in [-0.3, -0.25) is 10.1 Å². The second-order valence-electron chi connectivity index (χ2n) is 3.57. The van der Waals surface area contributed by atoms with Gasteiger partial charge in [0.2, 0.25) is 5.82 Å². The molecule has 94 valence electrons. The summed E-state index contributed by atoms with van der Waals surface area (Å²) >= 11 is 0. The first-order chi connectivity index (χ1) is 8.65. The first-order valence-electron chi connectivity index (χ1n) is 5.36. The summed E-state index contributed by atoms with van der Waals surface area (Å²) in [7, 11) is 1.75. The maximum Gasteiger partial charge on any atom is 0.340 e. The van der Waals surface area contributed by atoms with Crippen molar-refractivity contribution in [3.8, 4) is 11.5 Å². The zero-order valence-corrected chi connectivity index (χ0v) is 9.99. The normalized spacial score (nSPS) is 10.3. The van der Waals surface area contributed by atoms with E-state index in [0.29, 0.717) is 12.4 Å². The van der Waals surface area contributed by atoms with Crippen LogP contribution in [0, 0.1) is 10.1 Å². The van der Waals surface area contributed by atoms with Crippen LogP contribution in [0.5, 0.6) is 0 Å². The number of imidazole rings is 1. The predicted octanol–water partition coefficient (Wildman–Crippen LogP) is 1.22. The Morgan fingerprint density at radius 2 is 2.22 bits per heavy atom. The van der Waals surface area contributed by atoms with E-state index in [0.717, 1.165) is 0 Å². The van der Waals surface area contributed by atoms with Gasteiger partial charge in [0.1, 0.15) is 6.33 Å². The molecular formula is C10H12N6O2. The number of anilines is 1. The van der Waals surface area contributed by atoms with Crippen molar-refractivity contribution in [2.45, 2.75) is 6.92 Å². The lowest BCUT2D eigenvalue weighted by Crippen LogP contribution is -2.07. The smallest absolute Gasteiger partial charge is 0.340 e. The Bertz CT molecular complexity index is 579. The fraction of sp³-hybridized carbons (Fsp3) is 0.300. The van der Waals surface area contributed by atoms with Crippen LogP contribution in [0.15, 0.2) is 18.7 Å². The molecule has 0 spiro atoms. The van der Waals surface area contributed by atoms with Gasteiger partial charge < -0.3 is 9.88 Å². The largest absolute Gasteiger partial charge is 0.364 e. The summed E-state index contributed by atoms with van der Waals surface area (Å²) < 4.78 is 1.67. The first-order valence-corrected chi connectivity index (χ1v) is 5.36. The number of aromatic nitrogens is 4. The Kier molecular flexibility index (Phi) is 3.18. The third-order valence-electron chi connectivity index (χ3n) is 2.38. The molecule has 18 heavy (non-hydrogen) atoms. The minimum atomic E-state index is -0.498. The minimum Gasteiger partial charge on any atom is -0.364 e. The molecule has 2 aromatic heterocycles. The average Bonchev–Trinajstić information content (AvgIpc) is 2.75. The summed E-state index contributed by atoms with van der Waals surface area (Å²) in [4.78, 5) is 22.6. The molecule has 0 amide bonds. The summed E-state index contributed by atoms with van der Waals surface area (Å²) in [5.74, 6) is 0.638. The maximum atomic E-state index is 11.2. The first kappa shape index (κ1) is 12.0. The molecule has 8 heteroatoms. The quantitative estimate of drug-likeness (QED) is 0.645. The molecule has 2 heterocycles. The van der Waals surface area contributed by atoms with Gasteiger partial charge in [0.15, 0.2) is 11.5 Å². The Morgan fingerprint density at radius 3 is 2.78 bits per heavy atom. The molecule has 0 fully saturated rings. The van der Waals surface area contributed by atoms with Crippen molar-refractivity contribution in [2.75, 3.05) is 11.9 Å². The fourth-order valence-corrected chi connectivity index (χ4v) is 1.61. The molecule has 0 bridgehead atoms. The molecule has 0 atom stereocenters. The molecule has 2 rings (SSSR count). The number of hydrogen-bond acceptors (Lipinski definition) is 6. The lowest BCUT2D eigenvalue weighted by molar-refractivity contribution is -0.383. The summed E-state index contributed by atoms with van der Waals surface area (Å²) in [5, 5.41) is 14.0. The summed E-state index contributed by atoms with van der Waals surface area (Å²) in [6.45, 7) is 2.38. The third-order valence-corrected chi connectivity index (χ3v) is 2.38. The van der Waals surface area contributed by atoms with E-state index in [9.17, 15) is 10.1 Å². The molecule has 1 N–H and O–H groups in total. The Hall–Kier alpha value is -2.51. The summed E-state index contributed by atoms with van der Waals surface area (Å²) in [6.07, 6.45) is 4.55. The SMILES string of the molecule is CCNc1ncnc(-c2nccn2C)c1[N+](=O)[O-]. The monoisotopic (exact) mass is 248 g/mol. The van der Waals surface area contributed by atoms with Crippen molar-refractivity contribution >= 4 is 11.5 Å². The molecular weight excluding hydrogens is 236 g/mol. The molecule has 0 radical (unpaired) electrons. The van der Waals surface area contributed by atoms with E-state index < -0.39 is 4.92 Å². The van der Waals surface area contributed by atoms with Gasteiger partial charge in [0.05, 0.1) is 4.92 Å². The van der Waals surface area contributed by atoms with Crippen molar-refractivity contribution < 1.29 is 4.92 Å². The van der Waals surface area contributed by atoms with E-state index in [-0.39, 0.29) is 17.2 Å². The molecule has 2 aromatic rings. The highest BCUT2D eigenvalue weighted by molar-refractivity contribution is 5.73. The summed E-state index contributed by atoms with van der Waals surface area (Å²) in [5.41, 5.74) is 0.0482. The molecule has 0 saturated carbocycles. The molecule has 0 saturated heterocycles. The van der Waals surface area contributed by atoms with E-state index in [1.165, 1.54) is 6.33 Å². The van der Waals surface area contributed by atoms with E-state index in [4.69, 9.17) is 0 Å². The Balaban J connectivity index is 2.64. The average molecular weight is 248 g/mol. The number of rotatable bonds is 4. The molecule has 0 aliphatic rings. The molecule has 0 aliphatic carbocycles. The van der Waals surface area contributed by atoms with Crippen molar-refractivity contribution in [1.82, 2.24) is 19.5 Å². The van der Waals surface area contributed by atoms with Gasteiger partial charge in [-0.1, -0.05) is 0 Å². The second-order valence-corrected chi connectivity index (χ2v) is 3.57. The van der Waals surface area contributed by atoms with Gasteiger partial charge >= 0.3 is 5.69 Å². The molecule has 0 aromatic carbocycles. The minimum absolute atomic E-state index is 0.159. The number of nitrogens with one attached hydrogen (secondary N) is 1. The van der Waals surface area contributed by atoms with Gasteiger partial charge in [-0.25, -0.2) is 15.0 Å². The van der Waals surface area contributed by atoms with Crippen molar-refractivity contribution in [2.24, 2.45) is 7.05 Å². The van der Waals surface area contributed by atoms with E-state index >= 15 is 0 Å². The van der Waals surface area contributed by atoms with Crippen LogP contribution in [0.1, 0.15) is 6.92 Å². The molecule has 8 nitrogen and oxygen atoms in total. The van der Waals surface area contributed by atoms with Gasteiger partial charge in [0, 0.05) is 26.0 Å². The summed E-state index contributed by atoms with van der Waals surface area (Å²) in [6, 6.07) is 0. The molecule has 0 unspecified atom stereocenters. The van der Waals surface area contributed by atoms with Crippen LogP contribution in [-0.2, 0) is 7.05 Å². The van der Waals surface area contributed by atoms with Crippen LogP contribution in [0.4, 0.5) is 11.5 Å². The zero-order valence-electron chi connectivity index (χ0n) is 9.99. The third kappa shape index (κ3) is 1.99. The van der Waals surface area contributed by atoms with Crippen molar-refractivity contribution in [1.29, 1.82) is 0 Å². The van der Waals surface area contributed by atoms with Crippen LogP contribution >= 0.6 is 0 Å². The zero-order chi connectivity index (χ0) is 13.1. The van der Waals surface area contributed by atoms with Crippen molar-refractivity contribution in [3.63, 3.8) is 0 Å². The second kappa shape index (κ2) is 4.78. The lowest BCUT2D eigenvalue weighted by atomic mass is 10.3. The van der Waals surface area contributed by atoms with Crippen molar-refractivity contribution in [3.05, 3.63) is 28.8 Å². The van der Waals surface area contributed by atoms with Gasteiger partial charge in [-0.15, -0.1) is 0 Å². The van der Waals surface area contributed by atoms with Crippen LogP contribution in [0.3, 0.4) is 0 Å². The van der Waals surface area contributed by atoms with Gasteiger partial charge in [0.25, 0.3) is 0 Å². The van der Waals surface area contributed by atoms with Crippen LogP contribution < -0.4 is 5.32 Å².